The van der Waals surface area contributed by atoms with Gasteiger partial charge in [0.05, 0.1) is 5.69 Å². The van der Waals surface area contributed by atoms with Crippen LogP contribution in [0.15, 0.2) is 66.2 Å². The summed E-state index contributed by atoms with van der Waals surface area (Å²) in [6.07, 6.45) is 6.72. The van der Waals surface area contributed by atoms with Crippen molar-refractivity contribution in [1.82, 2.24) is 15.2 Å². The number of anilines is 2. The molecule has 2 fully saturated rings. The predicted octanol–water partition coefficient (Wildman–Crippen LogP) is 5.28. The van der Waals surface area contributed by atoms with E-state index >= 15 is 0 Å². The number of thiazole rings is 1. The smallest absolute Gasteiger partial charge is 0.410 e. The largest absolute Gasteiger partial charge is 0.445 e. The van der Waals surface area contributed by atoms with Crippen LogP contribution in [0.2, 0.25) is 0 Å². The Morgan fingerprint density at radius 3 is 2.46 bits per heavy atom. The summed E-state index contributed by atoms with van der Waals surface area (Å²) in [5, 5.41) is 5.41. The lowest BCUT2D eigenvalue weighted by Gasteiger charge is -2.28. The van der Waals surface area contributed by atoms with Gasteiger partial charge in [0.25, 0.3) is 11.8 Å². The molecule has 1 aliphatic carbocycles. The average Bonchev–Trinajstić information content (AvgIpc) is 3.72. The monoisotopic (exact) mass is 518 g/mol. The van der Waals surface area contributed by atoms with Crippen LogP contribution in [0, 0.1) is 0 Å². The molecule has 1 aromatic heterocycles. The number of hydrogen-bond acceptors (Lipinski definition) is 6. The Bertz CT molecular complexity index is 1210. The van der Waals surface area contributed by atoms with Crippen molar-refractivity contribution in [3.05, 3.63) is 77.3 Å². The third-order valence-electron chi connectivity index (χ3n) is 6.89. The Hall–Kier alpha value is -3.72. The summed E-state index contributed by atoms with van der Waals surface area (Å²) in [5.41, 5.74) is 2.04. The molecule has 3 aromatic rings. The minimum absolute atomic E-state index is 0.103. The van der Waals surface area contributed by atoms with E-state index in [2.05, 4.69) is 10.3 Å². The molecule has 0 spiro atoms. The van der Waals surface area contributed by atoms with Crippen LogP contribution in [-0.4, -0.2) is 46.4 Å². The number of carbonyl (C=O) groups is 3. The van der Waals surface area contributed by atoms with Crippen molar-refractivity contribution in [3.8, 4) is 0 Å². The van der Waals surface area contributed by atoms with Crippen LogP contribution in [0.4, 0.5) is 15.6 Å². The molecule has 192 valence electrons. The molecule has 8 nitrogen and oxygen atoms in total. The summed E-state index contributed by atoms with van der Waals surface area (Å²) in [6.45, 7) is 0.605. The normalized spacial score (nSPS) is 17.5. The number of carbonyl (C=O) groups excluding carboxylic acids is 3. The van der Waals surface area contributed by atoms with Crippen LogP contribution in [0.5, 0.6) is 0 Å². The maximum Gasteiger partial charge on any atom is 0.410 e. The molecule has 1 aliphatic heterocycles. The van der Waals surface area contributed by atoms with Gasteiger partial charge in [-0.25, -0.2) is 9.78 Å². The zero-order valence-electron chi connectivity index (χ0n) is 20.5. The highest BCUT2D eigenvalue weighted by Crippen LogP contribution is 2.32. The lowest BCUT2D eigenvalue weighted by molar-refractivity contribution is -0.121. The summed E-state index contributed by atoms with van der Waals surface area (Å²) < 4.78 is 5.52. The van der Waals surface area contributed by atoms with E-state index in [9.17, 15) is 14.4 Å². The van der Waals surface area contributed by atoms with Crippen LogP contribution in [0.25, 0.3) is 0 Å². The van der Waals surface area contributed by atoms with Gasteiger partial charge in [-0.3, -0.25) is 19.4 Å². The SMILES string of the molecule is O=C(NC1CCCC1)c1ccc(N(C(=O)C2CCCN2C(=O)OCc2ccccc2)c2nccs2)cc1. The highest BCUT2D eigenvalue weighted by atomic mass is 32.1. The van der Waals surface area contributed by atoms with Gasteiger partial charge in [0.2, 0.25) is 0 Å². The van der Waals surface area contributed by atoms with Gasteiger partial charge < -0.3 is 10.1 Å². The second-order valence-corrected chi connectivity index (χ2v) is 10.3. The van der Waals surface area contributed by atoms with Gasteiger partial charge in [-0.05, 0) is 55.5 Å². The fourth-order valence-electron chi connectivity index (χ4n) is 4.95. The summed E-state index contributed by atoms with van der Waals surface area (Å²) >= 11 is 1.34. The van der Waals surface area contributed by atoms with Gasteiger partial charge in [-0.1, -0.05) is 43.2 Å². The first-order valence-corrected chi connectivity index (χ1v) is 13.6. The molecule has 2 heterocycles. The molecule has 9 heteroatoms. The Balaban J connectivity index is 1.31. The van der Waals surface area contributed by atoms with E-state index in [1.54, 1.807) is 35.8 Å². The first kappa shape index (κ1) is 25.0. The Morgan fingerprint density at radius 2 is 1.76 bits per heavy atom. The van der Waals surface area contributed by atoms with Crippen molar-refractivity contribution in [3.63, 3.8) is 0 Å². The zero-order chi connectivity index (χ0) is 25.6. The first-order chi connectivity index (χ1) is 18.1. The molecular weight excluding hydrogens is 488 g/mol. The van der Waals surface area contributed by atoms with E-state index in [1.807, 2.05) is 30.3 Å². The number of likely N-dealkylation sites (tertiary alicyclic amines) is 1. The third kappa shape index (κ3) is 5.83. The van der Waals surface area contributed by atoms with Gasteiger partial charge in [0.15, 0.2) is 5.13 Å². The van der Waals surface area contributed by atoms with Gasteiger partial charge >= 0.3 is 6.09 Å². The molecule has 0 radical (unpaired) electrons. The average molecular weight is 519 g/mol. The zero-order valence-corrected chi connectivity index (χ0v) is 21.4. The maximum absolute atomic E-state index is 13.8. The standard InChI is InChI=1S/C28H30N4O4S/c33-25(30-22-9-4-5-10-22)21-12-14-23(15-13-21)32(27-29-16-18-37-27)26(34)24-11-6-17-31(24)28(35)36-19-20-7-2-1-3-8-20/h1-3,7-8,12-16,18,22,24H,4-6,9-11,17,19H2,(H,30,33). The lowest BCUT2D eigenvalue weighted by atomic mass is 10.1. The Morgan fingerprint density at radius 1 is 1.00 bits per heavy atom. The number of ether oxygens (including phenoxy) is 1. The minimum atomic E-state index is -0.655. The Labute approximate surface area is 220 Å². The number of nitrogens with zero attached hydrogens (tertiary/aromatic N) is 3. The highest BCUT2D eigenvalue weighted by Gasteiger charge is 2.39. The number of benzene rings is 2. The predicted molar refractivity (Wildman–Crippen MR) is 142 cm³/mol. The summed E-state index contributed by atoms with van der Waals surface area (Å²) in [6, 6.07) is 16.0. The summed E-state index contributed by atoms with van der Waals surface area (Å²) in [5.74, 6) is -0.346. The van der Waals surface area contributed by atoms with Crippen molar-refractivity contribution in [2.24, 2.45) is 0 Å². The van der Waals surface area contributed by atoms with E-state index in [4.69, 9.17) is 4.74 Å². The van der Waals surface area contributed by atoms with E-state index in [-0.39, 0.29) is 24.5 Å². The van der Waals surface area contributed by atoms with Gasteiger partial charge in [0.1, 0.15) is 12.6 Å². The minimum Gasteiger partial charge on any atom is -0.445 e. The molecule has 37 heavy (non-hydrogen) atoms. The Kier molecular flexibility index (Phi) is 7.79. The van der Waals surface area contributed by atoms with Gasteiger partial charge in [-0.15, -0.1) is 11.3 Å². The van der Waals surface area contributed by atoms with Crippen LogP contribution < -0.4 is 10.2 Å². The van der Waals surface area contributed by atoms with E-state index in [0.717, 1.165) is 31.2 Å². The first-order valence-electron chi connectivity index (χ1n) is 12.7. The van der Waals surface area contributed by atoms with Crippen molar-refractivity contribution in [1.29, 1.82) is 0 Å². The van der Waals surface area contributed by atoms with Crippen molar-refractivity contribution in [2.45, 2.75) is 57.2 Å². The molecule has 1 N–H and O–H groups in total. The molecule has 1 saturated heterocycles. The fraction of sp³-hybridized carbons (Fsp3) is 0.357. The third-order valence-corrected chi connectivity index (χ3v) is 7.64. The number of aromatic nitrogens is 1. The summed E-state index contributed by atoms with van der Waals surface area (Å²) in [7, 11) is 0. The number of nitrogens with one attached hydrogen (secondary N) is 1. The fourth-order valence-corrected chi connectivity index (χ4v) is 5.62. The second-order valence-electron chi connectivity index (χ2n) is 9.38. The molecule has 3 amide bonds. The quantitative estimate of drug-likeness (QED) is 0.459. The van der Waals surface area contributed by atoms with Gasteiger partial charge in [0, 0.05) is 29.7 Å². The lowest BCUT2D eigenvalue weighted by Crippen LogP contribution is -2.46. The maximum atomic E-state index is 13.8. The molecule has 1 saturated carbocycles. The molecule has 5 rings (SSSR count). The van der Waals surface area contributed by atoms with Crippen LogP contribution in [0.1, 0.15) is 54.4 Å². The van der Waals surface area contributed by atoms with Crippen LogP contribution >= 0.6 is 11.3 Å². The molecule has 1 atom stereocenters. The van der Waals surface area contributed by atoms with Crippen molar-refractivity contribution < 1.29 is 19.1 Å². The second kappa shape index (κ2) is 11.6. The van der Waals surface area contributed by atoms with Crippen molar-refractivity contribution >= 4 is 40.1 Å². The number of amides is 3. The summed E-state index contributed by atoms with van der Waals surface area (Å²) in [4.78, 5) is 46.9. The molecular formula is C28H30N4O4S. The van der Waals surface area contributed by atoms with E-state index < -0.39 is 12.1 Å². The van der Waals surface area contributed by atoms with Crippen LogP contribution in [0.3, 0.4) is 0 Å². The van der Waals surface area contributed by atoms with E-state index in [0.29, 0.717) is 35.8 Å². The number of rotatable bonds is 7. The van der Waals surface area contributed by atoms with Crippen LogP contribution in [-0.2, 0) is 16.1 Å². The molecule has 2 aromatic carbocycles. The topological polar surface area (TPSA) is 91.8 Å². The van der Waals surface area contributed by atoms with Gasteiger partial charge in [-0.2, -0.15) is 0 Å². The molecule has 0 bridgehead atoms. The molecule has 2 aliphatic rings. The highest BCUT2D eigenvalue weighted by molar-refractivity contribution is 7.13. The van der Waals surface area contributed by atoms with E-state index in [1.165, 1.54) is 21.1 Å². The number of hydrogen-bond donors (Lipinski definition) is 1. The molecule has 1 unspecified atom stereocenters. The van der Waals surface area contributed by atoms with Crippen molar-refractivity contribution in [2.75, 3.05) is 11.4 Å².